The quantitative estimate of drug-likeness (QED) is 0.348. The molecule has 0 saturated heterocycles. The van der Waals surface area contributed by atoms with Gasteiger partial charge < -0.3 is 10.1 Å². The lowest BCUT2D eigenvalue weighted by atomic mass is 10.0. The first-order valence-corrected chi connectivity index (χ1v) is 11.3. The Bertz CT molecular complexity index is 1430. The fourth-order valence-corrected chi connectivity index (χ4v) is 4.13. The van der Waals surface area contributed by atoms with E-state index in [0.717, 1.165) is 27.5 Å². The molecule has 8 heteroatoms. The highest BCUT2D eigenvalue weighted by Gasteiger charge is 2.21. The van der Waals surface area contributed by atoms with Gasteiger partial charge in [-0.1, -0.05) is 43.6 Å². The van der Waals surface area contributed by atoms with E-state index < -0.39 is 17.1 Å². The van der Waals surface area contributed by atoms with Gasteiger partial charge >= 0.3 is 5.69 Å². The smallest absolute Gasteiger partial charge is 0.335 e. The Morgan fingerprint density at radius 1 is 1.12 bits per heavy atom. The number of rotatable bonds is 7. The summed E-state index contributed by atoms with van der Waals surface area (Å²) >= 11 is 5.95. The second-order valence-electron chi connectivity index (χ2n) is 7.82. The zero-order valence-electron chi connectivity index (χ0n) is 18.4. The molecule has 0 aliphatic rings. The van der Waals surface area contributed by atoms with Crippen LogP contribution in [0.4, 0.5) is 0 Å². The van der Waals surface area contributed by atoms with Gasteiger partial charge in [-0.05, 0) is 55.2 Å². The predicted octanol–water partition coefficient (Wildman–Crippen LogP) is 4.59. The van der Waals surface area contributed by atoms with E-state index in [0.29, 0.717) is 29.3 Å². The van der Waals surface area contributed by atoms with E-state index in [2.05, 4.69) is 16.0 Å². The number of nitrogens with zero attached hydrogens (tertiary/aromatic N) is 2. The Morgan fingerprint density at radius 2 is 1.85 bits per heavy atom. The summed E-state index contributed by atoms with van der Waals surface area (Å²) in [5, 5.41) is 12.6. The van der Waals surface area contributed by atoms with E-state index in [9.17, 15) is 14.7 Å². The molecule has 2 heterocycles. The van der Waals surface area contributed by atoms with Gasteiger partial charge in [-0.25, -0.2) is 9.36 Å². The van der Waals surface area contributed by atoms with E-state index in [1.54, 1.807) is 24.3 Å². The lowest BCUT2D eigenvalue weighted by Gasteiger charge is -2.15. The summed E-state index contributed by atoms with van der Waals surface area (Å²) < 4.78 is 1.05. The Kier molecular flexibility index (Phi) is 6.51. The third kappa shape index (κ3) is 4.50. The van der Waals surface area contributed by atoms with Crippen molar-refractivity contribution in [1.82, 2.24) is 14.5 Å². The third-order valence-corrected chi connectivity index (χ3v) is 5.99. The average Bonchev–Trinajstić information content (AvgIpc) is 3.21. The van der Waals surface area contributed by atoms with Crippen LogP contribution >= 0.6 is 11.6 Å². The SMILES string of the molecule is CCC(=NC(CC)Cc1c[nH]c2ccccc12)c1c(O)n(-c2ccc(Cl)cc2)c(=O)[nH]c1=O. The normalized spacial score (nSPS) is 12.9. The number of aromatic nitrogens is 3. The van der Waals surface area contributed by atoms with Gasteiger partial charge in [0, 0.05) is 22.1 Å². The predicted molar refractivity (Wildman–Crippen MR) is 132 cm³/mol. The number of nitrogens with one attached hydrogen (secondary N) is 2. The Balaban J connectivity index is 1.77. The molecule has 0 fully saturated rings. The molecule has 1 unspecified atom stereocenters. The topological polar surface area (TPSA) is 103 Å². The number of hydrogen-bond acceptors (Lipinski definition) is 4. The molecule has 7 nitrogen and oxygen atoms in total. The first-order valence-electron chi connectivity index (χ1n) is 10.9. The number of para-hydroxylation sites is 1. The fraction of sp³-hybridized carbons (Fsp3) is 0.240. The number of benzene rings is 2. The van der Waals surface area contributed by atoms with Crippen molar-refractivity contribution < 1.29 is 5.11 Å². The maximum absolute atomic E-state index is 12.7. The highest BCUT2D eigenvalue weighted by Crippen LogP contribution is 2.23. The van der Waals surface area contributed by atoms with Crippen molar-refractivity contribution in [3.63, 3.8) is 0 Å². The molecule has 4 aromatic rings. The summed E-state index contributed by atoms with van der Waals surface area (Å²) in [6, 6.07) is 14.4. The van der Waals surface area contributed by atoms with Crippen molar-refractivity contribution in [3.8, 4) is 11.6 Å². The van der Waals surface area contributed by atoms with Crippen molar-refractivity contribution in [2.45, 2.75) is 39.2 Å². The van der Waals surface area contributed by atoms with Gasteiger partial charge in [-0.3, -0.25) is 14.8 Å². The lowest BCUT2D eigenvalue weighted by Crippen LogP contribution is -2.33. The minimum Gasteiger partial charge on any atom is -0.493 e. The molecule has 4 rings (SSSR count). The molecule has 2 aromatic carbocycles. The molecule has 0 spiro atoms. The Hall–Kier alpha value is -3.58. The Morgan fingerprint density at radius 3 is 2.55 bits per heavy atom. The van der Waals surface area contributed by atoms with Crippen LogP contribution in [-0.4, -0.2) is 31.4 Å². The van der Waals surface area contributed by atoms with Crippen LogP contribution in [0.2, 0.25) is 5.02 Å². The first kappa shape index (κ1) is 22.6. The van der Waals surface area contributed by atoms with E-state index in [4.69, 9.17) is 16.6 Å². The second kappa shape index (κ2) is 9.50. The summed E-state index contributed by atoms with van der Waals surface area (Å²) in [5.41, 5.74) is 1.65. The van der Waals surface area contributed by atoms with Gasteiger partial charge in [-0.2, -0.15) is 0 Å². The number of hydrogen-bond donors (Lipinski definition) is 3. The molecule has 0 saturated carbocycles. The minimum absolute atomic E-state index is 0.00410. The maximum Gasteiger partial charge on any atom is 0.335 e. The van der Waals surface area contributed by atoms with Crippen LogP contribution in [0.1, 0.15) is 37.8 Å². The van der Waals surface area contributed by atoms with Crippen LogP contribution < -0.4 is 11.2 Å². The molecule has 0 bridgehead atoms. The standard InChI is InChI=1S/C25H25ClN4O3/c1-3-17(13-15-14-27-21-8-6-5-7-19(15)21)28-20(4-2)22-23(31)29-25(33)30(24(22)32)18-11-9-16(26)10-12-18/h5-12,14,17,27,32H,3-4,13H2,1-2H3,(H,29,31,33). The second-order valence-corrected chi connectivity index (χ2v) is 8.26. The van der Waals surface area contributed by atoms with Crippen LogP contribution in [0.3, 0.4) is 0 Å². The van der Waals surface area contributed by atoms with E-state index >= 15 is 0 Å². The largest absolute Gasteiger partial charge is 0.493 e. The zero-order valence-corrected chi connectivity index (χ0v) is 19.2. The van der Waals surface area contributed by atoms with E-state index in [-0.39, 0.29) is 11.6 Å². The summed E-state index contributed by atoms with van der Waals surface area (Å²) in [6.07, 6.45) is 3.83. The summed E-state index contributed by atoms with van der Waals surface area (Å²) in [6.45, 7) is 3.91. The minimum atomic E-state index is -0.732. The van der Waals surface area contributed by atoms with Crippen LogP contribution in [0.25, 0.3) is 16.6 Å². The van der Waals surface area contributed by atoms with E-state index in [1.165, 1.54) is 0 Å². The van der Waals surface area contributed by atoms with Crippen LogP contribution in [0, 0.1) is 0 Å². The van der Waals surface area contributed by atoms with Gasteiger partial charge in [0.2, 0.25) is 5.88 Å². The van der Waals surface area contributed by atoms with Crippen molar-refractivity contribution in [1.29, 1.82) is 0 Å². The number of halogens is 1. The highest BCUT2D eigenvalue weighted by molar-refractivity contribution is 6.30. The molecular formula is C25H25ClN4O3. The molecule has 0 aliphatic carbocycles. The molecule has 0 amide bonds. The van der Waals surface area contributed by atoms with Crippen LogP contribution in [-0.2, 0) is 6.42 Å². The lowest BCUT2D eigenvalue weighted by molar-refractivity contribution is 0.429. The number of H-pyrrole nitrogens is 2. The average molecular weight is 465 g/mol. The fourth-order valence-electron chi connectivity index (χ4n) is 4.00. The van der Waals surface area contributed by atoms with Crippen molar-refractivity contribution in [2.24, 2.45) is 4.99 Å². The van der Waals surface area contributed by atoms with Gasteiger partial charge in [0.05, 0.1) is 17.4 Å². The van der Waals surface area contributed by atoms with Crippen molar-refractivity contribution in [2.75, 3.05) is 0 Å². The van der Waals surface area contributed by atoms with Crippen LogP contribution in [0.15, 0.2) is 69.3 Å². The van der Waals surface area contributed by atoms with Gasteiger partial charge in [-0.15, -0.1) is 0 Å². The molecular weight excluding hydrogens is 440 g/mol. The monoisotopic (exact) mass is 464 g/mol. The number of fused-ring (bicyclic) bond motifs is 1. The molecule has 2 aromatic heterocycles. The van der Waals surface area contributed by atoms with Gasteiger partial charge in [0.15, 0.2) is 0 Å². The summed E-state index contributed by atoms with van der Waals surface area (Å²) in [7, 11) is 0. The molecule has 170 valence electrons. The first-order chi connectivity index (χ1) is 15.9. The highest BCUT2D eigenvalue weighted by atomic mass is 35.5. The molecule has 0 radical (unpaired) electrons. The van der Waals surface area contributed by atoms with Crippen molar-refractivity contribution >= 4 is 28.2 Å². The van der Waals surface area contributed by atoms with E-state index in [1.807, 2.05) is 38.2 Å². The van der Waals surface area contributed by atoms with Crippen LogP contribution in [0.5, 0.6) is 5.88 Å². The number of aliphatic imine (C=N–C) groups is 1. The van der Waals surface area contributed by atoms with Gasteiger partial charge in [0.25, 0.3) is 5.56 Å². The molecule has 3 N–H and O–H groups in total. The zero-order chi connectivity index (χ0) is 23.5. The number of aromatic amines is 2. The molecule has 33 heavy (non-hydrogen) atoms. The number of aromatic hydroxyl groups is 1. The van der Waals surface area contributed by atoms with Gasteiger partial charge in [0.1, 0.15) is 5.56 Å². The molecule has 1 atom stereocenters. The summed E-state index contributed by atoms with van der Waals surface area (Å²) in [5.74, 6) is -0.436. The maximum atomic E-state index is 12.7. The molecule has 0 aliphatic heterocycles. The van der Waals surface area contributed by atoms with Crippen molar-refractivity contribution in [3.05, 3.63) is 91.7 Å². The Labute approximate surface area is 195 Å². The summed E-state index contributed by atoms with van der Waals surface area (Å²) in [4.78, 5) is 35.7. The third-order valence-electron chi connectivity index (χ3n) is 5.73.